The summed E-state index contributed by atoms with van der Waals surface area (Å²) in [5.41, 5.74) is 1.00. The Hall–Kier alpha value is -3.40. The largest absolute Gasteiger partial charge is 0.491 e. The molecule has 0 aliphatic carbocycles. The van der Waals surface area contributed by atoms with E-state index in [2.05, 4.69) is 31.1 Å². The maximum atomic E-state index is 13.8. The molecular weight excluding hydrogens is 723 g/mol. The van der Waals surface area contributed by atoms with E-state index in [1.54, 1.807) is 42.5 Å². The molecule has 0 bridgehead atoms. The van der Waals surface area contributed by atoms with Gasteiger partial charge in [-0.15, -0.1) is 0 Å². The third-order valence-corrected chi connectivity index (χ3v) is 12.4. The van der Waals surface area contributed by atoms with E-state index in [1.807, 2.05) is 0 Å². The minimum Gasteiger partial charge on any atom is -0.491 e. The molecule has 9 nitrogen and oxygen atoms in total. The summed E-state index contributed by atoms with van der Waals surface area (Å²) < 4.78 is 40.7. The lowest BCUT2D eigenvalue weighted by molar-refractivity contribution is -0.115. The first kappa shape index (κ1) is 47.0. The highest BCUT2D eigenvalue weighted by Gasteiger charge is 2.34. The van der Waals surface area contributed by atoms with E-state index in [-0.39, 0.29) is 23.7 Å². The van der Waals surface area contributed by atoms with Crippen LogP contribution in [0.25, 0.3) is 0 Å². The number of ether oxygens (including phenoxy) is 2. The Morgan fingerprint density at radius 1 is 0.643 bits per heavy atom. The highest BCUT2D eigenvalue weighted by Crippen LogP contribution is 2.34. The number of benzene rings is 2. The minimum atomic E-state index is -3.89. The van der Waals surface area contributed by atoms with Gasteiger partial charge in [-0.2, -0.15) is 0 Å². The predicted molar refractivity (Wildman–Crippen MR) is 231 cm³/mol. The van der Waals surface area contributed by atoms with Crippen molar-refractivity contribution in [3.8, 4) is 5.75 Å². The molecule has 1 aliphatic rings. The van der Waals surface area contributed by atoms with Crippen molar-refractivity contribution in [1.29, 1.82) is 0 Å². The molecule has 314 valence electrons. The lowest BCUT2D eigenvalue weighted by atomic mass is 10.1. The molecule has 1 N–H and O–H groups in total. The van der Waals surface area contributed by atoms with E-state index in [0.29, 0.717) is 42.3 Å². The quantitative estimate of drug-likeness (QED) is 0.0582. The van der Waals surface area contributed by atoms with Gasteiger partial charge in [0.05, 0.1) is 36.6 Å². The van der Waals surface area contributed by atoms with Crippen LogP contribution in [0.1, 0.15) is 192 Å². The zero-order valence-electron chi connectivity index (χ0n) is 35.1. The number of unbranched alkanes of at least 4 members (excludes halogenated alkanes) is 21. The van der Waals surface area contributed by atoms with Crippen molar-refractivity contribution in [2.75, 3.05) is 25.1 Å². The fourth-order valence-electron chi connectivity index (χ4n) is 7.11. The molecule has 1 amide bonds. The third kappa shape index (κ3) is 17.4. The summed E-state index contributed by atoms with van der Waals surface area (Å²) >= 11 is 0. The molecule has 0 unspecified atom stereocenters. The predicted octanol–water partition coefficient (Wildman–Crippen LogP) is 12.7. The molecule has 0 radical (unpaired) electrons. The number of fused-ring (bicyclic) bond motifs is 1. The minimum absolute atomic E-state index is 0.148. The monoisotopic (exact) mass is 796 g/mol. The maximum Gasteiger partial charge on any atom is 0.338 e. The number of sulfonamides is 1. The van der Waals surface area contributed by atoms with Crippen LogP contribution in [0.15, 0.2) is 52.4 Å². The number of nitrogens with one attached hydrogen (secondary N) is 1. The first-order valence-corrected chi connectivity index (χ1v) is 23.7. The molecule has 2 aromatic rings. The number of esters is 1. The van der Waals surface area contributed by atoms with Crippen molar-refractivity contribution in [1.82, 2.24) is 4.31 Å². The van der Waals surface area contributed by atoms with Crippen molar-refractivity contribution in [3.63, 3.8) is 0 Å². The second-order valence-corrected chi connectivity index (χ2v) is 17.2. The molecule has 0 saturated heterocycles. The normalized spacial score (nSPS) is 13.3. The van der Waals surface area contributed by atoms with Gasteiger partial charge in [0.15, 0.2) is 0 Å². The molecule has 0 atom stereocenters. The molecule has 0 fully saturated rings. The van der Waals surface area contributed by atoms with Crippen LogP contribution in [-0.4, -0.2) is 50.2 Å². The van der Waals surface area contributed by atoms with Gasteiger partial charge in [-0.05, 0) is 49.6 Å². The molecule has 0 aromatic heterocycles. The molecule has 10 heteroatoms. The number of rotatable bonds is 32. The van der Waals surface area contributed by atoms with E-state index in [4.69, 9.17) is 9.47 Å². The summed E-state index contributed by atoms with van der Waals surface area (Å²) in [6.45, 7) is 7.69. The first-order chi connectivity index (χ1) is 27.3. The molecule has 56 heavy (non-hydrogen) atoms. The van der Waals surface area contributed by atoms with Gasteiger partial charge in [-0.1, -0.05) is 168 Å². The van der Waals surface area contributed by atoms with Crippen LogP contribution in [0.4, 0.5) is 11.4 Å². The fraction of sp³-hybridized carbons (Fsp3) is 0.674. The van der Waals surface area contributed by atoms with Crippen molar-refractivity contribution < 1.29 is 27.5 Å². The third-order valence-electron chi connectivity index (χ3n) is 10.5. The van der Waals surface area contributed by atoms with Crippen LogP contribution >= 0.6 is 0 Å². The van der Waals surface area contributed by atoms with Gasteiger partial charge in [0, 0.05) is 6.54 Å². The number of amidine groups is 1. The van der Waals surface area contributed by atoms with Gasteiger partial charge >= 0.3 is 5.97 Å². The Morgan fingerprint density at radius 3 is 1.75 bits per heavy atom. The van der Waals surface area contributed by atoms with E-state index >= 15 is 0 Å². The number of amides is 1. The van der Waals surface area contributed by atoms with Crippen molar-refractivity contribution in [2.24, 2.45) is 4.99 Å². The van der Waals surface area contributed by atoms with E-state index in [9.17, 15) is 18.0 Å². The highest BCUT2D eigenvalue weighted by molar-refractivity contribution is 7.90. The topological polar surface area (TPSA) is 114 Å². The average Bonchev–Trinajstić information content (AvgIpc) is 3.19. The SMILES string of the molecule is CCCCCCCCCCCCCCOC(=O)c1ccc(OCCCCCCCC)c(NC(=O)CC2=Nc3ccccc3S(=O)(=O)N2CCCCCCCC)c1. The number of anilines is 1. The van der Waals surface area contributed by atoms with Crippen LogP contribution < -0.4 is 10.1 Å². The van der Waals surface area contributed by atoms with Crippen LogP contribution in [0.3, 0.4) is 0 Å². The zero-order valence-corrected chi connectivity index (χ0v) is 35.9. The van der Waals surface area contributed by atoms with Crippen LogP contribution in [0.5, 0.6) is 5.75 Å². The molecule has 0 spiro atoms. The zero-order chi connectivity index (χ0) is 40.3. The Morgan fingerprint density at radius 2 is 1.16 bits per heavy atom. The average molecular weight is 796 g/mol. The second-order valence-electron chi connectivity index (χ2n) is 15.4. The van der Waals surface area contributed by atoms with Crippen LogP contribution in [-0.2, 0) is 19.6 Å². The summed E-state index contributed by atoms with van der Waals surface area (Å²) in [4.78, 5) is 31.7. The molecule has 0 saturated carbocycles. The standard InChI is InChI=1S/C46H73N3O6S/c1-4-7-10-13-16-17-18-19-20-21-24-29-36-55-46(51)39-32-33-42(54-35-28-23-15-12-9-6-3)41(37-39)48-45(50)38-44-47-40-30-25-26-31-43(40)56(52,53)49(44)34-27-22-14-11-8-5-2/h25-26,30-33,37H,4-24,27-29,34-36,38H2,1-3H3,(H,48,50). The lowest BCUT2D eigenvalue weighted by Gasteiger charge is -2.29. The summed E-state index contributed by atoms with van der Waals surface area (Å²) in [5.74, 6) is -0.257. The first-order valence-electron chi connectivity index (χ1n) is 22.2. The molecule has 1 aliphatic heterocycles. The van der Waals surface area contributed by atoms with Crippen molar-refractivity contribution in [3.05, 3.63) is 48.0 Å². The Kier molecular flexibility index (Phi) is 23.6. The van der Waals surface area contributed by atoms with Crippen molar-refractivity contribution >= 4 is 39.1 Å². The van der Waals surface area contributed by atoms with Gasteiger partial charge in [0.2, 0.25) is 5.91 Å². The van der Waals surface area contributed by atoms with Gasteiger partial charge in [-0.25, -0.2) is 18.2 Å². The smallest absolute Gasteiger partial charge is 0.338 e. The number of para-hydroxylation sites is 1. The number of carbonyl (C=O) groups is 2. The Bertz CT molecular complexity index is 1560. The number of nitrogens with zero attached hydrogens (tertiary/aromatic N) is 2. The Labute approximate surface area is 339 Å². The molecule has 1 heterocycles. The van der Waals surface area contributed by atoms with Crippen LogP contribution in [0, 0.1) is 0 Å². The Balaban J connectivity index is 1.62. The highest BCUT2D eigenvalue weighted by atomic mass is 32.2. The summed E-state index contributed by atoms with van der Waals surface area (Å²) in [6, 6.07) is 11.6. The lowest BCUT2D eigenvalue weighted by Crippen LogP contribution is -2.41. The second kappa shape index (κ2) is 28.1. The molecule has 2 aromatic carbocycles. The maximum absolute atomic E-state index is 13.8. The molecular formula is C46H73N3O6S. The summed E-state index contributed by atoms with van der Waals surface area (Å²) in [7, 11) is -3.89. The van der Waals surface area contributed by atoms with Crippen molar-refractivity contribution in [2.45, 2.75) is 186 Å². The summed E-state index contributed by atoms with van der Waals surface area (Å²) in [6.07, 6.45) is 27.3. The number of carbonyl (C=O) groups excluding carboxylic acids is 2. The van der Waals surface area contributed by atoms with E-state index < -0.39 is 21.9 Å². The van der Waals surface area contributed by atoms with Gasteiger partial charge in [-0.3, -0.25) is 9.10 Å². The van der Waals surface area contributed by atoms with E-state index in [1.165, 1.54) is 81.4 Å². The number of hydrogen-bond donors (Lipinski definition) is 1. The molecule has 3 rings (SSSR count). The van der Waals surface area contributed by atoms with Gasteiger partial charge < -0.3 is 14.8 Å². The van der Waals surface area contributed by atoms with Crippen LogP contribution in [0.2, 0.25) is 0 Å². The fourth-order valence-corrected chi connectivity index (χ4v) is 8.73. The van der Waals surface area contributed by atoms with Gasteiger partial charge in [0.1, 0.15) is 16.5 Å². The van der Waals surface area contributed by atoms with E-state index in [0.717, 1.165) is 70.6 Å². The van der Waals surface area contributed by atoms with Gasteiger partial charge in [0.25, 0.3) is 10.0 Å². The number of aliphatic imine (C=N–C) groups is 1. The number of hydrogen-bond acceptors (Lipinski definition) is 7. The summed E-state index contributed by atoms with van der Waals surface area (Å²) in [5, 5.41) is 2.93.